The molecule has 1 saturated heterocycles. The average Bonchev–Trinajstić information content (AvgIpc) is 3.18. The van der Waals surface area contributed by atoms with Crippen LogP contribution in [0.1, 0.15) is 30.1 Å². The molecule has 2 atom stereocenters. The van der Waals surface area contributed by atoms with E-state index in [4.69, 9.17) is 4.52 Å². The van der Waals surface area contributed by atoms with Crippen LogP contribution in [0.4, 0.5) is 0 Å². The third-order valence-electron chi connectivity index (χ3n) is 5.21. The van der Waals surface area contributed by atoms with Gasteiger partial charge in [-0.15, -0.1) is 0 Å². The summed E-state index contributed by atoms with van der Waals surface area (Å²) < 4.78 is 5.31. The Morgan fingerprint density at radius 2 is 1.96 bits per heavy atom. The lowest BCUT2D eigenvalue weighted by molar-refractivity contribution is -0.128. The Hall–Kier alpha value is -2.63. The third-order valence-corrected chi connectivity index (χ3v) is 5.21. The highest BCUT2D eigenvalue weighted by molar-refractivity contribution is 5.99. The van der Waals surface area contributed by atoms with Crippen LogP contribution in [-0.4, -0.2) is 41.0 Å². The normalized spacial score (nSPS) is 22.8. The maximum atomic E-state index is 12.8. The highest BCUT2D eigenvalue weighted by Crippen LogP contribution is 2.41. The van der Waals surface area contributed by atoms with E-state index in [1.165, 1.54) is 19.0 Å². The summed E-state index contributed by atoms with van der Waals surface area (Å²) in [6.07, 6.45) is 3.83. The van der Waals surface area contributed by atoms with Crippen molar-refractivity contribution in [2.75, 3.05) is 13.1 Å². The predicted molar refractivity (Wildman–Crippen MR) is 91.7 cm³/mol. The molecule has 25 heavy (non-hydrogen) atoms. The first-order valence-electron chi connectivity index (χ1n) is 8.70. The number of carbonyl (C=O) groups excluding carboxylic acids is 2. The fourth-order valence-electron chi connectivity index (χ4n) is 3.69. The summed E-state index contributed by atoms with van der Waals surface area (Å²) in [5, 5.41) is 6.92. The van der Waals surface area contributed by atoms with Crippen molar-refractivity contribution in [3.63, 3.8) is 0 Å². The van der Waals surface area contributed by atoms with Crippen LogP contribution in [0.3, 0.4) is 0 Å². The fourth-order valence-corrected chi connectivity index (χ4v) is 3.69. The van der Waals surface area contributed by atoms with E-state index < -0.39 is 0 Å². The van der Waals surface area contributed by atoms with Gasteiger partial charge in [-0.2, -0.15) is 0 Å². The number of nitrogens with zero attached hydrogens (tertiary/aromatic N) is 2. The van der Waals surface area contributed by atoms with Gasteiger partial charge in [-0.3, -0.25) is 9.59 Å². The summed E-state index contributed by atoms with van der Waals surface area (Å²) in [6, 6.07) is 9.46. The highest BCUT2D eigenvalue weighted by Gasteiger charge is 2.44. The van der Waals surface area contributed by atoms with Crippen LogP contribution in [0.15, 0.2) is 41.1 Å². The molecule has 0 radical (unpaired) electrons. The number of rotatable bonds is 4. The minimum Gasteiger partial charge on any atom is -0.355 e. The Morgan fingerprint density at radius 1 is 1.20 bits per heavy atom. The molecule has 1 saturated carbocycles. The lowest BCUT2D eigenvalue weighted by atomic mass is 9.97. The molecule has 2 aliphatic rings. The molecular formula is C19H21N3O3. The molecule has 6 heteroatoms. The molecule has 2 amide bonds. The topological polar surface area (TPSA) is 75.4 Å². The summed E-state index contributed by atoms with van der Waals surface area (Å²) in [5.41, 5.74) is 1.25. The van der Waals surface area contributed by atoms with E-state index >= 15 is 0 Å². The van der Waals surface area contributed by atoms with E-state index in [2.05, 4.69) is 10.5 Å². The van der Waals surface area contributed by atoms with Gasteiger partial charge in [0.25, 0.3) is 5.91 Å². The Bertz CT molecular complexity index is 782. The van der Waals surface area contributed by atoms with Crippen LogP contribution in [0.5, 0.6) is 0 Å². The molecule has 2 heterocycles. The van der Waals surface area contributed by atoms with Gasteiger partial charge in [-0.25, -0.2) is 0 Å². The molecule has 0 bridgehead atoms. The van der Waals surface area contributed by atoms with Gasteiger partial charge in [0, 0.05) is 31.5 Å². The molecular weight excluding hydrogens is 318 g/mol. The van der Waals surface area contributed by atoms with Gasteiger partial charge in [-0.05, 0) is 18.8 Å². The number of aromatic nitrogens is 1. The first kappa shape index (κ1) is 15.9. The van der Waals surface area contributed by atoms with Crippen molar-refractivity contribution in [1.29, 1.82) is 0 Å². The smallest absolute Gasteiger partial charge is 0.257 e. The van der Waals surface area contributed by atoms with E-state index in [-0.39, 0.29) is 17.9 Å². The number of hydrogen-bond donors (Lipinski definition) is 1. The number of nitrogens with one attached hydrogen (secondary N) is 1. The summed E-state index contributed by atoms with van der Waals surface area (Å²) in [5.74, 6) is 1.31. The van der Waals surface area contributed by atoms with Gasteiger partial charge in [-0.1, -0.05) is 35.5 Å². The number of likely N-dealkylation sites (tertiary alicyclic amines) is 1. The fraction of sp³-hybridized carbons (Fsp3) is 0.421. The maximum Gasteiger partial charge on any atom is 0.257 e. The summed E-state index contributed by atoms with van der Waals surface area (Å²) in [6.45, 7) is 2.90. The number of benzene rings is 1. The number of carbonyl (C=O) groups is 2. The second-order valence-electron chi connectivity index (χ2n) is 6.94. The van der Waals surface area contributed by atoms with Crippen LogP contribution in [0.2, 0.25) is 0 Å². The third kappa shape index (κ3) is 3.16. The predicted octanol–water partition coefficient (Wildman–Crippen LogP) is 2.33. The molecule has 1 N–H and O–H groups in total. The van der Waals surface area contributed by atoms with Crippen LogP contribution in [0.25, 0.3) is 11.3 Å². The van der Waals surface area contributed by atoms with Crippen molar-refractivity contribution in [2.24, 2.45) is 11.8 Å². The first-order valence-corrected chi connectivity index (χ1v) is 8.70. The molecule has 0 spiro atoms. The Balaban J connectivity index is 1.52. The van der Waals surface area contributed by atoms with Crippen LogP contribution < -0.4 is 5.32 Å². The van der Waals surface area contributed by atoms with Gasteiger partial charge < -0.3 is 14.7 Å². The number of amides is 2. The first-order chi connectivity index (χ1) is 12.1. The van der Waals surface area contributed by atoms with E-state index in [1.807, 2.05) is 35.2 Å². The second kappa shape index (κ2) is 6.35. The highest BCUT2D eigenvalue weighted by atomic mass is 16.5. The molecule has 6 nitrogen and oxygen atoms in total. The van der Waals surface area contributed by atoms with Crippen molar-refractivity contribution in [3.8, 4) is 11.3 Å². The van der Waals surface area contributed by atoms with Crippen LogP contribution in [-0.2, 0) is 4.79 Å². The molecule has 0 unspecified atom stereocenters. The molecule has 2 fully saturated rings. The van der Waals surface area contributed by atoms with Crippen LogP contribution in [0, 0.1) is 11.8 Å². The lowest BCUT2D eigenvalue weighted by Crippen LogP contribution is -2.41. The summed E-state index contributed by atoms with van der Waals surface area (Å²) >= 11 is 0. The lowest BCUT2D eigenvalue weighted by Gasteiger charge is -2.18. The van der Waals surface area contributed by atoms with E-state index in [0.717, 1.165) is 12.1 Å². The molecule has 4 rings (SSSR count). The van der Waals surface area contributed by atoms with Gasteiger partial charge >= 0.3 is 0 Å². The zero-order valence-corrected chi connectivity index (χ0v) is 14.1. The van der Waals surface area contributed by atoms with Crippen molar-refractivity contribution in [1.82, 2.24) is 15.4 Å². The van der Waals surface area contributed by atoms with Gasteiger partial charge in [0.15, 0.2) is 5.76 Å². The second-order valence-corrected chi connectivity index (χ2v) is 6.94. The zero-order chi connectivity index (χ0) is 17.4. The Kier molecular flexibility index (Phi) is 4.03. The van der Waals surface area contributed by atoms with Gasteiger partial charge in [0.05, 0.1) is 12.2 Å². The minimum absolute atomic E-state index is 0.0116. The van der Waals surface area contributed by atoms with Gasteiger partial charge in [0.1, 0.15) is 5.56 Å². The monoisotopic (exact) mass is 339 g/mol. The zero-order valence-electron chi connectivity index (χ0n) is 14.1. The van der Waals surface area contributed by atoms with Crippen molar-refractivity contribution < 1.29 is 14.1 Å². The van der Waals surface area contributed by atoms with E-state index in [9.17, 15) is 9.59 Å². The molecule has 1 aromatic carbocycles. The van der Waals surface area contributed by atoms with E-state index in [1.54, 1.807) is 6.92 Å². The van der Waals surface area contributed by atoms with Crippen molar-refractivity contribution >= 4 is 11.8 Å². The van der Waals surface area contributed by atoms with Crippen molar-refractivity contribution in [3.05, 3.63) is 42.1 Å². The molecule has 1 aliphatic heterocycles. The molecule has 1 aromatic heterocycles. The Labute approximate surface area is 146 Å². The summed E-state index contributed by atoms with van der Waals surface area (Å²) in [4.78, 5) is 26.4. The molecule has 1 aliphatic carbocycles. The molecule has 2 aromatic rings. The quantitative estimate of drug-likeness (QED) is 0.928. The van der Waals surface area contributed by atoms with Crippen LogP contribution >= 0.6 is 0 Å². The van der Waals surface area contributed by atoms with E-state index in [0.29, 0.717) is 29.7 Å². The minimum atomic E-state index is -0.193. The standard InChI is InChI=1S/C19H21N3O3/c1-12(23)22-10-16(13-7-8-13)17(11-22)21-19(24)15-9-20-25-18(15)14-5-3-2-4-6-14/h2-6,9,13,16-17H,7-8,10-11H2,1H3,(H,21,24)/t16-,17+/m1/s1. The Morgan fingerprint density at radius 3 is 2.64 bits per heavy atom. The largest absolute Gasteiger partial charge is 0.355 e. The SMILES string of the molecule is CC(=O)N1C[C@H](NC(=O)c2cnoc2-c2ccccc2)[C@@H](C2CC2)C1. The molecule has 130 valence electrons. The maximum absolute atomic E-state index is 12.8. The average molecular weight is 339 g/mol. The van der Waals surface area contributed by atoms with Gasteiger partial charge in [0.2, 0.25) is 5.91 Å². The summed E-state index contributed by atoms with van der Waals surface area (Å²) in [7, 11) is 0. The van der Waals surface area contributed by atoms with Crippen molar-refractivity contribution in [2.45, 2.75) is 25.8 Å². The number of hydrogen-bond acceptors (Lipinski definition) is 4.